The van der Waals surface area contributed by atoms with Crippen molar-refractivity contribution in [2.45, 2.75) is 57.9 Å². The molecule has 5 heteroatoms. The van der Waals surface area contributed by atoms with Gasteiger partial charge in [-0.15, -0.1) is 12.4 Å². The van der Waals surface area contributed by atoms with Gasteiger partial charge in [0.1, 0.15) is 11.5 Å². The van der Waals surface area contributed by atoms with Crippen LogP contribution in [0.15, 0.2) is 48.5 Å². The highest BCUT2D eigenvalue weighted by Gasteiger charge is 2.40. The Kier molecular flexibility index (Phi) is 7.15. The molecular formula is C22H30ClNO3. The van der Waals surface area contributed by atoms with Crippen LogP contribution in [0.3, 0.4) is 0 Å². The molecule has 3 rings (SSSR count). The molecule has 0 radical (unpaired) electrons. The minimum Gasteiger partial charge on any atom is -0.508 e. The van der Waals surface area contributed by atoms with Gasteiger partial charge in [-0.2, -0.15) is 0 Å². The summed E-state index contributed by atoms with van der Waals surface area (Å²) in [7, 11) is 0. The summed E-state index contributed by atoms with van der Waals surface area (Å²) >= 11 is 0. The Morgan fingerprint density at radius 3 is 2.33 bits per heavy atom. The SMILES string of the molecule is Cc1ccc(CC2(O)CCN(C(C)C)C(Oc3ccc(O)cc3)C2)cc1.Cl. The molecule has 2 atom stereocenters. The van der Waals surface area contributed by atoms with Crippen molar-refractivity contribution >= 4 is 12.4 Å². The molecule has 1 heterocycles. The number of piperidine rings is 1. The van der Waals surface area contributed by atoms with Crippen molar-refractivity contribution < 1.29 is 14.9 Å². The van der Waals surface area contributed by atoms with Gasteiger partial charge < -0.3 is 14.9 Å². The number of halogens is 1. The van der Waals surface area contributed by atoms with Crippen LogP contribution in [0.4, 0.5) is 0 Å². The lowest BCUT2D eigenvalue weighted by Gasteiger charge is -2.45. The normalized spacial score (nSPS) is 23.1. The van der Waals surface area contributed by atoms with Gasteiger partial charge in [0.15, 0.2) is 6.23 Å². The van der Waals surface area contributed by atoms with Crippen LogP contribution in [0.1, 0.15) is 37.8 Å². The van der Waals surface area contributed by atoms with Gasteiger partial charge in [-0.25, -0.2) is 0 Å². The second-order valence-corrected chi connectivity index (χ2v) is 7.74. The first-order valence-electron chi connectivity index (χ1n) is 9.34. The third-order valence-corrected chi connectivity index (χ3v) is 5.19. The molecule has 1 fully saturated rings. The molecule has 2 aromatic carbocycles. The number of likely N-dealkylation sites (tertiary alicyclic amines) is 1. The highest BCUT2D eigenvalue weighted by atomic mass is 35.5. The van der Waals surface area contributed by atoms with Crippen LogP contribution >= 0.6 is 12.4 Å². The third-order valence-electron chi connectivity index (χ3n) is 5.19. The van der Waals surface area contributed by atoms with Crippen molar-refractivity contribution in [3.8, 4) is 11.5 Å². The van der Waals surface area contributed by atoms with E-state index in [0.717, 1.165) is 18.5 Å². The fraction of sp³-hybridized carbons (Fsp3) is 0.455. The molecule has 2 aromatic rings. The maximum Gasteiger partial charge on any atom is 0.155 e. The molecule has 0 amide bonds. The minimum absolute atomic E-state index is 0. The number of hydrogen-bond donors (Lipinski definition) is 2. The second-order valence-electron chi connectivity index (χ2n) is 7.74. The lowest BCUT2D eigenvalue weighted by atomic mass is 9.84. The first-order valence-corrected chi connectivity index (χ1v) is 9.34. The van der Waals surface area contributed by atoms with E-state index in [2.05, 4.69) is 49.9 Å². The van der Waals surface area contributed by atoms with Crippen molar-refractivity contribution in [1.29, 1.82) is 0 Å². The summed E-state index contributed by atoms with van der Waals surface area (Å²) in [6.45, 7) is 7.17. The monoisotopic (exact) mass is 391 g/mol. The average Bonchev–Trinajstić information content (AvgIpc) is 2.59. The summed E-state index contributed by atoms with van der Waals surface area (Å²) in [5, 5.41) is 20.7. The molecule has 1 aliphatic heterocycles. The van der Waals surface area contributed by atoms with Crippen LogP contribution in [0.25, 0.3) is 0 Å². The number of nitrogens with zero attached hydrogens (tertiary/aromatic N) is 1. The quantitative estimate of drug-likeness (QED) is 0.797. The van der Waals surface area contributed by atoms with Gasteiger partial charge in [-0.3, -0.25) is 4.90 Å². The van der Waals surface area contributed by atoms with E-state index >= 15 is 0 Å². The Balaban J connectivity index is 0.00000261. The van der Waals surface area contributed by atoms with Crippen LogP contribution in [-0.4, -0.2) is 39.5 Å². The number of hydrogen-bond acceptors (Lipinski definition) is 4. The first kappa shape index (κ1) is 21.5. The number of phenolic OH excluding ortho intramolecular Hbond substituents is 1. The van der Waals surface area contributed by atoms with Crippen LogP contribution < -0.4 is 4.74 Å². The Morgan fingerprint density at radius 2 is 1.74 bits per heavy atom. The first-order chi connectivity index (χ1) is 12.3. The van der Waals surface area contributed by atoms with Crippen molar-refractivity contribution in [1.82, 2.24) is 4.90 Å². The highest BCUT2D eigenvalue weighted by Crippen LogP contribution is 2.33. The van der Waals surface area contributed by atoms with Crippen LogP contribution in [-0.2, 0) is 6.42 Å². The Hall–Kier alpha value is -1.75. The molecule has 2 unspecified atom stereocenters. The smallest absolute Gasteiger partial charge is 0.155 e. The molecule has 0 saturated carbocycles. The molecule has 1 saturated heterocycles. The molecule has 0 aromatic heterocycles. The summed E-state index contributed by atoms with van der Waals surface area (Å²) in [6, 6.07) is 15.5. The van der Waals surface area contributed by atoms with Gasteiger partial charge in [-0.1, -0.05) is 29.8 Å². The molecular weight excluding hydrogens is 362 g/mol. The van der Waals surface area contributed by atoms with Gasteiger partial charge in [0.2, 0.25) is 0 Å². The second kappa shape index (κ2) is 8.96. The fourth-order valence-corrected chi connectivity index (χ4v) is 3.65. The average molecular weight is 392 g/mol. The summed E-state index contributed by atoms with van der Waals surface area (Å²) < 4.78 is 6.19. The molecule has 0 aliphatic carbocycles. The van der Waals surface area contributed by atoms with Crippen LogP contribution in [0.5, 0.6) is 11.5 Å². The van der Waals surface area contributed by atoms with Crippen molar-refractivity contribution in [3.05, 3.63) is 59.7 Å². The zero-order valence-corrected chi connectivity index (χ0v) is 17.1. The van der Waals surface area contributed by atoms with Crippen LogP contribution in [0.2, 0.25) is 0 Å². The van der Waals surface area contributed by atoms with Crippen molar-refractivity contribution in [3.63, 3.8) is 0 Å². The molecule has 0 spiro atoms. The maximum absolute atomic E-state index is 11.2. The van der Waals surface area contributed by atoms with Gasteiger partial charge in [-0.05, 0) is 57.0 Å². The summed E-state index contributed by atoms with van der Waals surface area (Å²) in [5.74, 6) is 0.927. The summed E-state index contributed by atoms with van der Waals surface area (Å²) in [4.78, 5) is 2.29. The maximum atomic E-state index is 11.2. The largest absolute Gasteiger partial charge is 0.508 e. The number of aryl methyl sites for hydroxylation is 1. The minimum atomic E-state index is -0.776. The summed E-state index contributed by atoms with van der Waals surface area (Å²) in [6.07, 6.45) is 1.73. The number of aliphatic hydroxyl groups is 1. The van der Waals surface area contributed by atoms with Crippen molar-refractivity contribution in [2.75, 3.05) is 6.54 Å². The van der Waals surface area contributed by atoms with E-state index in [1.54, 1.807) is 24.3 Å². The number of benzene rings is 2. The van der Waals surface area contributed by atoms with Crippen LogP contribution in [0, 0.1) is 6.92 Å². The molecule has 4 nitrogen and oxygen atoms in total. The Morgan fingerprint density at radius 1 is 1.11 bits per heavy atom. The summed E-state index contributed by atoms with van der Waals surface area (Å²) in [5.41, 5.74) is 1.60. The zero-order valence-electron chi connectivity index (χ0n) is 16.3. The predicted octanol–water partition coefficient (Wildman–Crippen LogP) is 4.31. The van der Waals surface area contributed by atoms with E-state index < -0.39 is 5.60 Å². The predicted molar refractivity (Wildman–Crippen MR) is 111 cm³/mol. The number of phenols is 1. The molecule has 2 N–H and O–H groups in total. The lowest BCUT2D eigenvalue weighted by molar-refractivity contribution is -0.114. The topological polar surface area (TPSA) is 52.9 Å². The van der Waals surface area contributed by atoms with E-state index in [9.17, 15) is 10.2 Å². The van der Waals surface area contributed by atoms with E-state index in [1.165, 1.54) is 5.56 Å². The van der Waals surface area contributed by atoms with E-state index in [4.69, 9.17) is 4.74 Å². The number of ether oxygens (including phenoxy) is 1. The Bertz CT molecular complexity index is 717. The van der Waals surface area contributed by atoms with Gasteiger partial charge in [0.05, 0.1) is 5.60 Å². The number of rotatable bonds is 5. The van der Waals surface area contributed by atoms with Gasteiger partial charge in [0, 0.05) is 25.4 Å². The molecule has 0 bridgehead atoms. The third kappa shape index (κ3) is 5.61. The highest BCUT2D eigenvalue weighted by molar-refractivity contribution is 5.85. The van der Waals surface area contributed by atoms with Gasteiger partial charge in [0.25, 0.3) is 0 Å². The lowest BCUT2D eigenvalue weighted by Crippen LogP contribution is -2.55. The molecule has 27 heavy (non-hydrogen) atoms. The number of aromatic hydroxyl groups is 1. The fourth-order valence-electron chi connectivity index (χ4n) is 3.65. The van der Waals surface area contributed by atoms with Crippen molar-refractivity contribution in [2.24, 2.45) is 0 Å². The molecule has 1 aliphatic rings. The Labute approximate surface area is 168 Å². The van der Waals surface area contributed by atoms with E-state index in [-0.39, 0.29) is 24.4 Å². The van der Waals surface area contributed by atoms with E-state index in [0.29, 0.717) is 24.6 Å². The van der Waals surface area contributed by atoms with E-state index in [1.807, 2.05) is 0 Å². The molecule has 148 valence electrons. The standard InChI is InChI=1S/C22H29NO3.ClH/c1-16(2)23-13-12-22(25,14-18-6-4-17(3)5-7-18)15-21(23)26-20-10-8-19(24)9-11-20;/h4-11,16,21,24-25H,12-15H2,1-3H3;1H. The van der Waals surface area contributed by atoms with Gasteiger partial charge >= 0.3 is 0 Å². The zero-order chi connectivity index (χ0) is 18.7.